The van der Waals surface area contributed by atoms with E-state index in [0.717, 1.165) is 9.99 Å². The van der Waals surface area contributed by atoms with Crippen LogP contribution in [0, 0.1) is 0 Å². The van der Waals surface area contributed by atoms with Gasteiger partial charge >= 0.3 is 0 Å². The highest BCUT2D eigenvalue weighted by Crippen LogP contribution is 2.26. The van der Waals surface area contributed by atoms with Crippen LogP contribution in [-0.2, 0) is 0 Å². The number of nitrogens with two attached hydrogens (primary N) is 1. The first-order valence-corrected chi connectivity index (χ1v) is 5.48. The average Bonchev–Trinajstić information content (AvgIpc) is 2.59. The van der Waals surface area contributed by atoms with E-state index in [1.807, 2.05) is 6.20 Å². The lowest BCUT2D eigenvalue weighted by Crippen LogP contribution is -2.08. The lowest BCUT2D eigenvalue weighted by molar-refractivity contribution is 0.775. The van der Waals surface area contributed by atoms with E-state index in [-0.39, 0.29) is 0 Å². The van der Waals surface area contributed by atoms with Crippen LogP contribution < -0.4 is 5.73 Å². The molecule has 0 saturated heterocycles. The molecule has 0 aliphatic heterocycles. The maximum atomic E-state index is 5.64. The molecular formula is C11H13BrN2. The van der Waals surface area contributed by atoms with E-state index in [1.165, 1.54) is 10.9 Å². The zero-order chi connectivity index (χ0) is 10.1. The maximum Gasteiger partial charge on any atom is 0.0465 e. The number of hydrogen-bond acceptors (Lipinski definition) is 1. The molecule has 3 N–H and O–H groups in total. The standard InChI is InChI=1S/C11H13BrN2/c1-7(5-13)8-2-3-11-9(4-8)10(12)6-14-11/h2-4,6-7,14H,5,13H2,1H3. The second kappa shape index (κ2) is 3.75. The summed E-state index contributed by atoms with van der Waals surface area (Å²) in [6, 6.07) is 6.41. The van der Waals surface area contributed by atoms with Gasteiger partial charge in [0.25, 0.3) is 0 Å². The number of benzene rings is 1. The van der Waals surface area contributed by atoms with E-state index < -0.39 is 0 Å². The summed E-state index contributed by atoms with van der Waals surface area (Å²) in [6.45, 7) is 2.83. The second-order valence-corrected chi connectivity index (χ2v) is 4.43. The van der Waals surface area contributed by atoms with E-state index in [2.05, 4.69) is 46.0 Å². The summed E-state index contributed by atoms with van der Waals surface area (Å²) >= 11 is 3.51. The van der Waals surface area contributed by atoms with Crippen LogP contribution in [0.25, 0.3) is 10.9 Å². The van der Waals surface area contributed by atoms with Gasteiger partial charge in [-0.25, -0.2) is 0 Å². The van der Waals surface area contributed by atoms with Crippen molar-refractivity contribution < 1.29 is 0 Å². The van der Waals surface area contributed by atoms with Crippen molar-refractivity contribution in [2.24, 2.45) is 5.73 Å². The fourth-order valence-electron chi connectivity index (χ4n) is 1.55. The molecule has 0 aliphatic rings. The predicted molar refractivity (Wildman–Crippen MR) is 63.5 cm³/mol. The molecule has 2 rings (SSSR count). The van der Waals surface area contributed by atoms with E-state index in [0.29, 0.717) is 12.5 Å². The molecule has 1 aromatic carbocycles. The Labute approximate surface area is 91.6 Å². The maximum absolute atomic E-state index is 5.64. The summed E-state index contributed by atoms with van der Waals surface area (Å²) in [5.41, 5.74) is 8.09. The lowest BCUT2D eigenvalue weighted by Gasteiger charge is -2.08. The van der Waals surface area contributed by atoms with Crippen molar-refractivity contribution in [2.75, 3.05) is 6.54 Å². The van der Waals surface area contributed by atoms with Crippen LogP contribution in [0.15, 0.2) is 28.9 Å². The van der Waals surface area contributed by atoms with Crippen LogP contribution in [0.1, 0.15) is 18.4 Å². The van der Waals surface area contributed by atoms with Gasteiger partial charge in [0.1, 0.15) is 0 Å². The van der Waals surface area contributed by atoms with Crippen LogP contribution in [-0.4, -0.2) is 11.5 Å². The van der Waals surface area contributed by atoms with Crippen molar-refractivity contribution in [3.05, 3.63) is 34.4 Å². The summed E-state index contributed by atoms with van der Waals surface area (Å²) in [4.78, 5) is 3.19. The molecule has 74 valence electrons. The summed E-state index contributed by atoms with van der Waals surface area (Å²) < 4.78 is 1.11. The molecule has 1 aromatic heterocycles. The average molecular weight is 253 g/mol. The quantitative estimate of drug-likeness (QED) is 0.848. The number of aromatic amines is 1. The van der Waals surface area contributed by atoms with Gasteiger partial charge in [-0.3, -0.25) is 0 Å². The third-order valence-electron chi connectivity index (χ3n) is 2.58. The van der Waals surface area contributed by atoms with Gasteiger partial charge in [0, 0.05) is 21.6 Å². The number of nitrogens with one attached hydrogen (secondary N) is 1. The van der Waals surface area contributed by atoms with Gasteiger partial charge in [-0.1, -0.05) is 13.0 Å². The fourth-order valence-corrected chi connectivity index (χ4v) is 1.99. The highest BCUT2D eigenvalue weighted by molar-refractivity contribution is 9.10. The van der Waals surface area contributed by atoms with Crippen molar-refractivity contribution in [2.45, 2.75) is 12.8 Å². The molecule has 2 nitrogen and oxygen atoms in total. The fraction of sp³-hybridized carbons (Fsp3) is 0.273. The smallest absolute Gasteiger partial charge is 0.0465 e. The Hall–Kier alpha value is -0.800. The van der Waals surface area contributed by atoms with Gasteiger partial charge in [-0.2, -0.15) is 0 Å². The highest BCUT2D eigenvalue weighted by atomic mass is 79.9. The molecule has 0 radical (unpaired) electrons. The molecule has 14 heavy (non-hydrogen) atoms. The Morgan fingerprint density at radius 3 is 3.00 bits per heavy atom. The Morgan fingerprint density at radius 2 is 2.29 bits per heavy atom. The van der Waals surface area contributed by atoms with Gasteiger partial charge < -0.3 is 10.7 Å². The summed E-state index contributed by atoms with van der Waals surface area (Å²) in [7, 11) is 0. The van der Waals surface area contributed by atoms with Crippen molar-refractivity contribution in [3.8, 4) is 0 Å². The van der Waals surface area contributed by atoms with Gasteiger partial charge in [0.05, 0.1) is 0 Å². The molecule has 0 aliphatic carbocycles. The normalized spacial score (nSPS) is 13.4. The molecule has 1 unspecified atom stereocenters. The van der Waals surface area contributed by atoms with Crippen molar-refractivity contribution >= 4 is 26.8 Å². The molecule has 0 amide bonds. The molecule has 2 aromatic rings. The molecule has 1 atom stereocenters. The largest absolute Gasteiger partial charge is 0.360 e. The van der Waals surface area contributed by atoms with E-state index in [1.54, 1.807) is 0 Å². The Bertz CT molecular complexity index is 447. The molecule has 3 heteroatoms. The molecule has 0 spiro atoms. The topological polar surface area (TPSA) is 41.8 Å². The predicted octanol–water partition coefficient (Wildman–Crippen LogP) is 2.99. The summed E-state index contributed by atoms with van der Waals surface area (Å²) in [5.74, 6) is 0.418. The number of rotatable bonds is 2. The number of halogens is 1. The van der Waals surface area contributed by atoms with Gasteiger partial charge in [-0.15, -0.1) is 0 Å². The van der Waals surface area contributed by atoms with Crippen molar-refractivity contribution in [1.29, 1.82) is 0 Å². The Kier molecular flexibility index (Phi) is 2.61. The first-order chi connectivity index (χ1) is 6.72. The summed E-state index contributed by atoms with van der Waals surface area (Å²) in [6.07, 6.45) is 1.96. The number of H-pyrrole nitrogens is 1. The minimum atomic E-state index is 0.418. The molecule has 0 saturated carbocycles. The molecule has 0 bridgehead atoms. The highest BCUT2D eigenvalue weighted by Gasteiger charge is 2.06. The van der Waals surface area contributed by atoms with Gasteiger partial charge in [0.2, 0.25) is 0 Å². The zero-order valence-electron chi connectivity index (χ0n) is 8.05. The van der Waals surface area contributed by atoms with Gasteiger partial charge in [-0.05, 0) is 46.1 Å². The Balaban J connectivity index is 2.54. The number of hydrogen-bond donors (Lipinski definition) is 2. The summed E-state index contributed by atoms with van der Waals surface area (Å²) in [5, 5.41) is 1.22. The van der Waals surface area contributed by atoms with E-state index in [9.17, 15) is 0 Å². The molecular weight excluding hydrogens is 240 g/mol. The van der Waals surface area contributed by atoms with Crippen LogP contribution in [0.5, 0.6) is 0 Å². The van der Waals surface area contributed by atoms with Crippen LogP contribution in [0.4, 0.5) is 0 Å². The molecule has 1 heterocycles. The minimum absolute atomic E-state index is 0.418. The first-order valence-electron chi connectivity index (χ1n) is 4.69. The first kappa shape index (κ1) is 9.74. The Morgan fingerprint density at radius 1 is 1.50 bits per heavy atom. The number of fused-ring (bicyclic) bond motifs is 1. The second-order valence-electron chi connectivity index (χ2n) is 3.58. The minimum Gasteiger partial charge on any atom is -0.360 e. The third kappa shape index (κ3) is 1.57. The zero-order valence-corrected chi connectivity index (χ0v) is 9.64. The lowest BCUT2D eigenvalue weighted by atomic mass is 10.0. The number of aromatic nitrogens is 1. The van der Waals surface area contributed by atoms with Crippen molar-refractivity contribution in [3.63, 3.8) is 0 Å². The van der Waals surface area contributed by atoms with E-state index in [4.69, 9.17) is 5.73 Å². The van der Waals surface area contributed by atoms with Crippen LogP contribution in [0.3, 0.4) is 0 Å². The van der Waals surface area contributed by atoms with Crippen LogP contribution in [0.2, 0.25) is 0 Å². The van der Waals surface area contributed by atoms with Gasteiger partial charge in [0.15, 0.2) is 0 Å². The monoisotopic (exact) mass is 252 g/mol. The van der Waals surface area contributed by atoms with Crippen molar-refractivity contribution in [1.82, 2.24) is 4.98 Å². The third-order valence-corrected chi connectivity index (χ3v) is 3.23. The SMILES string of the molecule is CC(CN)c1ccc2[nH]cc(Br)c2c1. The van der Waals surface area contributed by atoms with Crippen LogP contribution >= 0.6 is 15.9 Å². The van der Waals surface area contributed by atoms with E-state index >= 15 is 0 Å². The molecule has 0 fully saturated rings.